The Morgan fingerprint density at radius 2 is 1.87 bits per heavy atom. The van der Waals surface area contributed by atoms with Gasteiger partial charge in [0, 0.05) is 33.7 Å². The molecule has 122 valence electrons. The van der Waals surface area contributed by atoms with Crippen LogP contribution in [0.5, 0.6) is 0 Å². The van der Waals surface area contributed by atoms with Crippen LogP contribution in [-0.2, 0) is 17.0 Å². The van der Waals surface area contributed by atoms with Gasteiger partial charge in [0.25, 0.3) is 0 Å². The summed E-state index contributed by atoms with van der Waals surface area (Å²) in [5.74, 6) is 0.837. The number of rotatable bonds is 7. The molecule has 0 aromatic heterocycles. The monoisotopic (exact) mass is 371 g/mol. The van der Waals surface area contributed by atoms with Crippen LogP contribution in [-0.4, -0.2) is 18.2 Å². The van der Waals surface area contributed by atoms with E-state index in [0.29, 0.717) is 40.1 Å². The Balaban J connectivity index is 1.67. The van der Waals surface area contributed by atoms with Crippen LogP contribution in [0.25, 0.3) is 0 Å². The summed E-state index contributed by atoms with van der Waals surface area (Å²) in [6, 6.07) is 11.8. The summed E-state index contributed by atoms with van der Waals surface area (Å²) in [6.07, 6.45) is 0.320. The van der Waals surface area contributed by atoms with Gasteiger partial charge in [0.05, 0.1) is 6.42 Å². The van der Waals surface area contributed by atoms with Crippen molar-refractivity contribution < 1.29 is 9.18 Å². The number of amides is 1. The van der Waals surface area contributed by atoms with Gasteiger partial charge in [0.1, 0.15) is 5.82 Å². The van der Waals surface area contributed by atoms with Crippen molar-refractivity contribution in [3.63, 3.8) is 0 Å². The van der Waals surface area contributed by atoms with Gasteiger partial charge >= 0.3 is 0 Å². The molecule has 0 saturated carbocycles. The highest BCUT2D eigenvalue weighted by Gasteiger charge is 2.07. The number of carbonyl (C=O) groups is 1. The molecule has 0 bridgehead atoms. The predicted octanol–water partition coefficient (Wildman–Crippen LogP) is 4.72. The van der Waals surface area contributed by atoms with Gasteiger partial charge in [0.2, 0.25) is 5.91 Å². The molecule has 0 aliphatic carbocycles. The quantitative estimate of drug-likeness (QED) is 0.713. The van der Waals surface area contributed by atoms with Gasteiger partial charge < -0.3 is 5.32 Å². The second-order valence-electron chi connectivity index (χ2n) is 4.91. The molecule has 0 unspecified atom stereocenters. The summed E-state index contributed by atoms with van der Waals surface area (Å²) in [6.45, 7) is 0.531. The van der Waals surface area contributed by atoms with Gasteiger partial charge in [-0.1, -0.05) is 41.4 Å². The van der Waals surface area contributed by atoms with Crippen LogP contribution in [0.2, 0.25) is 10.0 Å². The summed E-state index contributed by atoms with van der Waals surface area (Å²) in [5, 5.41) is 3.93. The third kappa shape index (κ3) is 6.05. The molecule has 0 aliphatic heterocycles. The fourth-order valence-electron chi connectivity index (χ4n) is 1.96. The van der Waals surface area contributed by atoms with E-state index in [9.17, 15) is 9.18 Å². The Hall–Kier alpha value is -1.23. The van der Waals surface area contributed by atoms with Crippen molar-refractivity contribution in [1.82, 2.24) is 5.32 Å². The molecule has 2 rings (SSSR count). The van der Waals surface area contributed by atoms with Gasteiger partial charge in [-0.15, -0.1) is 0 Å². The van der Waals surface area contributed by atoms with E-state index in [-0.39, 0.29) is 11.7 Å². The van der Waals surface area contributed by atoms with E-state index in [1.54, 1.807) is 24.3 Å². The number of nitrogens with one attached hydrogen (secondary N) is 1. The Bertz CT molecular complexity index is 644. The lowest BCUT2D eigenvalue weighted by Crippen LogP contribution is -2.27. The molecule has 1 amide bonds. The molecule has 0 radical (unpaired) electrons. The fraction of sp³-hybridized carbons (Fsp3) is 0.235. The Kier molecular flexibility index (Phi) is 7.21. The van der Waals surface area contributed by atoms with Crippen molar-refractivity contribution in [3.05, 3.63) is 69.5 Å². The van der Waals surface area contributed by atoms with E-state index in [1.165, 1.54) is 17.8 Å². The SMILES string of the molecule is O=C(Cc1ccc(Cl)cc1)NCCSCc1c(F)cccc1Cl. The van der Waals surface area contributed by atoms with E-state index < -0.39 is 0 Å². The van der Waals surface area contributed by atoms with Gasteiger partial charge in [-0.25, -0.2) is 4.39 Å². The normalized spacial score (nSPS) is 10.6. The highest BCUT2D eigenvalue weighted by molar-refractivity contribution is 7.98. The maximum Gasteiger partial charge on any atom is 0.224 e. The van der Waals surface area contributed by atoms with E-state index in [1.807, 2.05) is 12.1 Å². The smallest absolute Gasteiger partial charge is 0.224 e. The largest absolute Gasteiger partial charge is 0.355 e. The standard InChI is InChI=1S/C17H16Cl2FNOS/c18-13-6-4-12(5-7-13)10-17(22)21-8-9-23-11-14-15(19)2-1-3-16(14)20/h1-7H,8-11H2,(H,21,22). The van der Waals surface area contributed by atoms with Crippen molar-refractivity contribution in [1.29, 1.82) is 0 Å². The summed E-state index contributed by atoms with van der Waals surface area (Å²) in [7, 11) is 0. The van der Waals surface area contributed by atoms with Gasteiger partial charge in [-0.2, -0.15) is 11.8 Å². The van der Waals surface area contributed by atoms with Crippen molar-refractivity contribution in [2.24, 2.45) is 0 Å². The maximum absolute atomic E-state index is 13.6. The molecule has 0 atom stereocenters. The molecule has 0 spiro atoms. The number of hydrogen-bond acceptors (Lipinski definition) is 2. The molecule has 6 heteroatoms. The highest BCUT2D eigenvalue weighted by atomic mass is 35.5. The zero-order chi connectivity index (χ0) is 16.7. The molecule has 0 heterocycles. The zero-order valence-corrected chi connectivity index (χ0v) is 14.6. The van der Waals surface area contributed by atoms with Gasteiger partial charge in [-0.05, 0) is 29.8 Å². The summed E-state index contributed by atoms with van der Waals surface area (Å²) in [4.78, 5) is 11.8. The molecular weight excluding hydrogens is 356 g/mol. The maximum atomic E-state index is 13.6. The lowest BCUT2D eigenvalue weighted by molar-refractivity contribution is -0.120. The molecule has 2 nitrogen and oxygen atoms in total. The third-order valence-corrected chi connectivity index (χ3v) is 4.75. The summed E-state index contributed by atoms with van der Waals surface area (Å²) in [5.41, 5.74) is 1.42. The first-order chi connectivity index (χ1) is 11.1. The van der Waals surface area contributed by atoms with Crippen LogP contribution in [0, 0.1) is 5.82 Å². The lowest BCUT2D eigenvalue weighted by Gasteiger charge is -2.07. The lowest BCUT2D eigenvalue weighted by atomic mass is 10.1. The Morgan fingerprint density at radius 3 is 2.57 bits per heavy atom. The van der Waals surface area contributed by atoms with E-state index >= 15 is 0 Å². The topological polar surface area (TPSA) is 29.1 Å². The molecule has 0 fully saturated rings. The average molecular weight is 372 g/mol. The predicted molar refractivity (Wildman–Crippen MR) is 95.7 cm³/mol. The van der Waals surface area contributed by atoms with Crippen LogP contribution in [0.1, 0.15) is 11.1 Å². The number of benzene rings is 2. The van der Waals surface area contributed by atoms with Crippen LogP contribution in [0.15, 0.2) is 42.5 Å². The van der Waals surface area contributed by atoms with E-state index in [4.69, 9.17) is 23.2 Å². The highest BCUT2D eigenvalue weighted by Crippen LogP contribution is 2.23. The minimum absolute atomic E-state index is 0.0446. The van der Waals surface area contributed by atoms with Gasteiger partial charge in [0.15, 0.2) is 0 Å². The summed E-state index contributed by atoms with van der Waals surface area (Å²) >= 11 is 13.3. The summed E-state index contributed by atoms with van der Waals surface area (Å²) < 4.78 is 13.6. The molecule has 0 saturated heterocycles. The number of halogens is 3. The third-order valence-electron chi connectivity index (χ3n) is 3.15. The average Bonchev–Trinajstić information content (AvgIpc) is 2.52. The second kappa shape index (κ2) is 9.16. The van der Waals surface area contributed by atoms with Crippen LogP contribution < -0.4 is 5.32 Å². The van der Waals surface area contributed by atoms with Crippen molar-refractivity contribution >= 4 is 40.9 Å². The van der Waals surface area contributed by atoms with Crippen molar-refractivity contribution in [2.45, 2.75) is 12.2 Å². The molecular formula is C17H16Cl2FNOS. The number of thioether (sulfide) groups is 1. The van der Waals surface area contributed by atoms with Crippen molar-refractivity contribution in [3.8, 4) is 0 Å². The van der Waals surface area contributed by atoms with Crippen LogP contribution in [0.3, 0.4) is 0 Å². The minimum atomic E-state index is -0.295. The minimum Gasteiger partial charge on any atom is -0.355 e. The van der Waals surface area contributed by atoms with Gasteiger partial charge in [-0.3, -0.25) is 4.79 Å². The Morgan fingerprint density at radius 1 is 1.13 bits per heavy atom. The number of hydrogen-bond donors (Lipinski definition) is 1. The molecule has 0 aliphatic rings. The van der Waals surface area contributed by atoms with Crippen molar-refractivity contribution in [2.75, 3.05) is 12.3 Å². The van der Waals surface area contributed by atoms with Crippen LogP contribution in [0.4, 0.5) is 4.39 Å². The fourth-order valence-corrected chi connectivity index (χ4v) is 3.28. The van der Waals surface area contributed by atoms with Crippen LogP contribution >= 0.6 is 35.0 Å². The number of carbonyl (C=O) groups excluding carboxylic acids is 1. The first-order valence-electron chi connectivity index (χ1n) is 7.08. The van der Waals surface area contributed by atoms with E-state index in [0.717, 1.165) is 5.56 Å². The van der Waals surface area contributed by atoms with E-state index in [2.05, 4.69) is 5.32 Å². The first kappa shape index (κ1) is 18.1. The molecule has 1 N–H and O–H groups in total. The molecule has 2 aromatic rings. The molecule has 2 aromatic carbocycles. The Labute approximate surface area is 149 Å². The first-order valence-corrected chi connectivity index (χ1v) is 8.99. The zero-order valence-electron chi connectivity index (χ0n) is 12.3. The molecule has 23 heavy (non-hydrogen) atoms. The second-order valence-corrected chi connectivity index (χ2v) is 6.85.